The Kier molecular flexibility index (Phi) is 5.43. The van der Waals surface area contributed by atoms with Gasteiger partial charge in [0.25, 0.3) is 0 Å². The Labute approximate surface area is 245 Å². The number of fused-ring (bicyclic) bond motifs is 4. The molecule has 0 aliphatic heterocycles. The van der Waals surface area contributed by atoms with E-state index < -0.39 is 0 Å². The summed E-state index contributed by atoms with van der Waals surface area (Å²) >= 11 is 0. The van der Waals surface area contributed by atoms with Crippen molar-refractivity contribution < 1.29 is 0 Å². The van der Waals surface area contributed by atoms with Gasteiger partial charge in [-0.2, -0.15) is 10.5 Å². The van der Waals surface area contributed by atoms with Gasteiger partial charge in [0, 0.05) is 0 Å². The summed E-state index contributed by atoms with van der Waals surface area (Å²) in [6.07, 6.45) is 4.25. The molecular weight excluding hydrogens is 508 g/mol. The number of rotatable bonds is 3. The molecule has 0 fully saturated rings. The van der Waals surface area contributed by atoms with E-state index in [0.717, 1.165) is 24.0 Å². The van der Waals surface area contributed by atoms with Crippen LogP contribution in [-0.4, -0.2) is 0 Å². The average molecular weight is 533 g/mol. The van der Waals surface area contributed by atoms with Gasteiger partial charge in [0.2, 0.25) is 0 Å². The summed E-state index contributed by atoms with van der Waals surface area (Å²) in [5.74, 6) is 0. The first-order valence-electron chi connectivity index (χ1n) is 14.3. The van der Waals surface area contributed by atoms with E-state index in [2.05, 4.69) is 115 Å². The molecule has 8 rings (SSSR count). The lowest BCUT2D eigenvalue weighted by molar-refractivity contribution is 0.984. The average Bonchev–Trinajstić information content (AvgIpc) is 3.39. The van der Waals surface area contributed by atoms with Gasteiger partial charge in [-0.05, 0) is 103 Å². The molecule has 42 heavy (non-hydrogen) atoms. The molecule has 0 bridgehead atoms. The van der Waals surface area contributed by atoms with Crippen LogP contribution in [0.25, 0.3) is 60.9 Å². The summed E-state index contributed by atoms with van der Waals surface area (Å²) in [4.78, 5) is 0. The van der Waals surface area contributed by atoms with Gasteiger partial charge in [0.15, 0.2) is 0 Å². The first-order valence-corrected chi connectivity index (χ1v) is 14.3. The molecule has 194 valence electrons. The van der Waals surface area contributed by atoms with Crippen LogP contribution in [0.4, 0.5) is 0 Å². The van der Waals surface area contributed by atoms with E-state index in [4.69, 9.17) is 0 Å². The Balaban J connectivity index is 1.51. The number of nitrogens with zero attached hydrogens (tertiary/aromatic N) is 2. The standard InChI is InChI=1S/C40H24N2/c41-23-25-18-19-29(28(22-25)24-42)30-20-21-35-38-31(30)16-9-17-34(38)39-36(26-10-3-1-4-11-26)32-14-7-8-15-33(32)37(40(35)39)27-12-5-2-6-13-27/h1-8,10-15,17-22H,9,16H2. The Morgan fingerprint density at radius 1 is 0.500 bits per heavy atom. The molecule has 0 atom stereocenters. The van der Waals surface area contributed by atoms with Gasteiger partial charge in [-0.15, -0.1) is 0 Å². The summed E-state index contributed by atoms with van der Waals surface area (Å²) in [5, 5.41) is 22.0. The lowest BCUT2D eigenvalue weighted by atomic mass is 9.82. The smallest absolute Gasteiger partial charge is 0.0998 e. The number of benzene rings is 6. The highest BCUT2D eigenvalue weighted by atomic mass is 14.4. The lowest BCUT2D eigenvalue weighted by Gasteiger charge is -2.21. The molecule has 0 N–H and O–H groups in total. The number of hydrogen-bond acceptors (Lipinski definition) is 2. The summed E-state index contributed by atoms with van der Waals surface area (Å²) in [7, 11) is 0. The first kappa shape index (κ1) is 24.1. The second kappa shape index (κ2) is 9.45. The van der Waals surface area contributed by atoms with E-state index in [1.165, 1.54) is 66.4 Å². The van der Waals surface area contributed by atoms with E-state index >= 15 is 0 Å². The van der Waals surface area contributed by atoms with E-state index in [9.17, 15) is 10.5 Å². The van der Waals surface area contributed by atoms with Crippen molar-refractivity contribution in [3.05, 3.63) is 149 Å². The maximum atomic E-state index is 10.0. The molecule has 0 saturated carbocycles. The zero-order valence-electron chi connectivity index (χ0n) is 22.9. The topological polar surface area (TPSA) is 47.6 Å². The largest absolute Gasteiger partial charge is 0.192 e. The molecule has 2 heteroatoms. The molecule has 2 nitrogen and oxygen atoms in total. The van der Waals surface area contributed by atoms with Crippen molar-refractivity contribution in [2.24, 2.45) is 0 Å². The Morgan fingerprint density at radius 3 is 1.74 bits per heavy atom. The summed E-state index contributed by atoms with van der Waals surface area (Å²) < 4.78 is 0. The minimum absolute atomic E-state index is 0.504. The van der Waals surface area contributed by atoms with Crippen LogP contribution in [0, 0.1) is 22.7 Å². The SMILES string of the molecule is N#Cc1ccc(-c2ccc3c4c2CCC=C4c2c-3c(-c3ccccc3)c3ccccc3c2-c2ccccc2)c(C#N)c1. The van der Waals surface area contributed by atoms with E-state index in [-0.39, 0.29) is 0 Å². The molecule has 0 radical (unpaired) electrons. The monoisotopic (exact) mass is 532 g/mol. The fourth-order valence-corrected chi connectivity index (χ4v) is 7.09. The van der Waals surface area contributed by atoms with Crippen molar-refractivity contribution in [1.29, 1.82) is 10.5 Å². The zero-order valence-corrected chi connectivity index (χ0v) is 22.9. The highest BCUT2D eigenvalue weighted by molar-refractivity contribution is 6.21. The lowest BCUT2D eigenvalue weighted by Crippen LogP contribution is -2.02. The molecule has 0 spiro atoms. The van der Waals surface area contributed by atoms with Gasteiger partial charge in [-0.25, -0.2) is 0 Å². The van der Waals surface area contributed by atoms with Crippen molar-refractivity contribution in [1.82, 2.24) is 0 Å². The van der Waals surface area contributed by atoms with Crippen molar-refractivity contribution in [2.45, 2.75) is 12.8 Å². The van der Waals surface area contributed by atoms with E-state index in [0.29, 0.717) is 11.1 Å². The third-order valence-corrected chi connectivity index (χ3v) is 8.76. The second-order valence-electron chi connectivity index (χ2n) is 10.9. The van der Waals surface area contributed by atoms with Gasteiger partial charge < -0.3 is 0 Å². The highest BCUT2D eigenvalue weighted by Crippen LogP contribution is 2.58. The number of hydrogen-bond donors (Lipinski definition) is 0. The molecule has 2 aliphatic carbocycles. The molecule has 0 aromatic heterocycles. The minimum Gasteiger partial charge on any atom is -0.192 e. The number of allylic oxidation sites excluding steroid dienone is 1. The van der Waals surface area contributed by atoms with Crippen molar-refractivity contribution in [3.63, 3.8) is 0 Å². The summed E-state index contributed by atoms with van der Waals surface area (Å²) in [5.41, 5.74) is 15.7. The fourth-order valence-electron chi connectivity index (χ4n) is 7.09. The normalized spacial score (nSPS) is 12.7. The molecule has 0 amide bonds. The van der Waals surface area contributed by atoms with Gasteiger partial charge in [0.05, 0.1) is 23.3 Å². The highest BCUT2D eigenvalue weighted by Gasteiger charge is 2.35. The van der Waals surface area contributed by atoms with Crippen LogP contribution >= 0.6 is 0 Å². The molecule has 0 heterocycles. The maximum Gasteiger partial charge on any atom is 0.0998 e. The van der Waals surface area contributed by atoms with Gasteiger partial charge in [0.1, 0.15) is 0 Å². The van der Waals surface area contributed by atoms with Crippen LogP contribution in [0.2, 0.25) is 0 Å². The quantitative estimate of drug-likeness (QED) is 0.227. The van der Waals surface area contributed by atoms with Crippen molar-refractivity contribution >= 4 is 16.3 Å². The molecule has 2 aliphatic rings. The van der Waals surface area contributed by atoms with Crippen LogP contribution in [0.1, 0.15) is 34.2 Å². The van der Waals surface area contributed by atoms with Crippen LogP contribution < -0.4 is 0 Å². The Bertz CT molecular complexity index is 2190. The Morgan fingerprint density at radius 2 is 1.10 bits per heavy atom. The zero-order chi connectivity index (χ0) is 28.2. The maximum absolute atomic E-state index is 10.0. The molecule has 6 aromatic rings. The fraction of sp³-hybridized carbons (Fsp3) is 0.0500. The second-order valence-corrected chi connectivity index (χ2v) is 10.9. The van der Waals surface area contributed by atoms with Crippen molar-refractivity contribution in [3.8, 4) is 56.6 Å². The third kappa shape index (κ3) is 3.43. The molecule has 0 saturated heterocycles. The predicted octanol–water partition coefficient (Wildman–Crippen LogP) is 9.94. The summed E-state index contributed by atoms with van der Waals surface area (Å²) in [6.45, 7) is 0. The Hall–Kier alpha value is -5.70. The number of nitriles is 2. The minimum atomic E-state index is 0.504. The predicted molar refractivity (Wildman–Crippen MR) is 171 cm³/mol. The van der Waals surface area contributed by atoms with E-state index in [1.807, 2.05) is 12.1 Å². The van der Waals surface area contributed by atoms with E-state index in [1.54, 1.807) is 6.07 Å². The van der Waals surface area contributed by atoms with Crippen molar-refractivity contribution in [2.75, 3.05) is 0 Å². The molecular formula is C40H24N2. The summed E-state index contributed by atoms with van der Waals surface area (Å²) in [6, 6.07) is 44.8. The van der Waals surface area contributed by atoms with Crippen LogP contribution in [0.15, 0.2) is 121 Å². The van der Waals surface area contributed by atoms with Gasteiger partial charge >= 0.3 is 0 Å². The molecule has 6 aromatic carbocycles. The van der Waals surface area contributed by atoms with Crippen LogP contribution in [0.3, 0.4) is 0 Å². The first-order chi connectivity index (χ1) is 20.8. The van der Waals surface area contributed by atoms with Gasteiger partial charge in [-0.1, -0.05) is 109 Å². The third-order valence-electron chi connectivity index (χ3n) is 8.76. The van der Waals surface area contributed by atoms with Gasteiger partial charge in [-0.3, -0.25) is 0 Å². The molecule has 0 unspecified atom stereocenters. The van der Waals surface area contributed by atoms with Crippen LogP contribution in [0.5, 0.6) is 0 Å². The van der Waals surface area contributed by atoms with Crippen LogP contribution in [-0.2, 0) is 6.42 Å².